The zero-order valence-corrected chi connectivity index (χ0v) is 18.4. The first-order valence-electron chi connectivity index (χ1n) is 12.1. The van der Waals surface area contributed by atoms with E-state index in [1.165, 1.54) is 116 Å². The van der Waals surface area contributed by atoms with Crippen LogP contribution in [0.15, 0.2) is 12.2 Å². The summed E-state index contributed by atoms with van der Waals surface area (Å²) in [5.41, 5.74) is 0. The lowest BCUT2D eigenvalue weighted by atomic mass is 10.0. The van der Waals surface area contributed by atoms with Gasteiger partial charge in [-0.05, 0) is 32.1 Å². The summed E-state index contributed by atoms with van der Waals surface area (Å²) in [5.74, 6) is -0.661. The lowest BCUT2D eigenvalue weighted by Crippen LogP contribution is -1.93. The summed E-state index contributed by atoms with van der Waals surface area (Å²) in [5, 5.41) is 8.57. The van der Waals surface area contributed by atoms with Gasteiger partial charge in [0.1, 0.15) is 0 Å². The topological polar surface area (TPSA) is 37.3 Å². The summed E-state index contributed by atoms with van der Waals surface area (Å²) in [6.45, 7) is 2.29. The molecule has 0 amide bonds. The number of allylic oxidation sites excluding steroid dienone is 2. The molecule has 0 aliphatic carbocycles. The average Bonchev–Trinajstić information content (AvgIpc) is 2.65. The second kappa shape index (κ2) is 23.2. The molecule has 0 bridgehead atoms. The van der Waals surface area contributed by atoms with Gasteiger partial charge in [0.15, 0.2) is 0 Å². The van der Waals surface area contributed by atoms with Crippen LogP contribution >= 0.6 is 0 Å². The van der Waals surface area contributed by atoms with Gasteiger partial charge in [0.05, 0.1) is 0 Å². The van der Waals surface area contributed by atoms with Crippen LogP contribution in [0.3, 0.4) is 0 Å². The summed E-state index contributed by atoms with van der Waals surface area (Å²) in [7, 11) is 0. The number of rotatable bonds is 22. The van der Waals surface area contributed by atoms with Crippen molar-refractivity contribution < 1.29 is 9.90 Å². The third-order valence-electron chi connectivity index (χ3n) is 5.40. The lowest BCUT2D eigenvalue weighted by molar-refractivity contribution is -0.137. The Balaban J connectivity index is 3.07. The molecule has 0 fully saturated rings. The monoisotopic (exact) mass is 380 g/mol. The van der Waals surface area contributed by atoms with Gasteiger partial charge in [0.25, 0.3) is 0 Å². The summed E-state index contributed by atoms with van der Waals surface area (Å²) in [4.78, 5) is 10.4. The molecule has 2 nitrogen and oxygen atoms in total. The van der Waals surface area contributed by atoms with Gasteiger partial charge in [-0.1, -0.05) is 115 Å². The van der Waals surface area contributed by atoms with Crippen molar-refractivity contribution in [3.05, 3.63) is 12.2 Å². The highest BCUT2D eigenvalue weighted by Gasteiger charge is 1.96. The van der Waals surface area contributed by atoms with Crippen LogP contribution in [-0.4, -0.2) is 11.1 Å². The zero-order chi connectivity index (χ0) is 19.8. The first-order valence-corrected chi connectivity index (χ1v) is 12.1. The number of carbonyl (C=O) groups is 1. The van der Waals surface area contributed by atoms with Gasteiger partial charge in [-0.2, -0.15) is 0 Å². The Morgan fingerprint density at radius 3 is 1.26 bits per heavy atom. The predicted molar refractivity (Wildman–Crippen MR) is 119 cm³/mol. The number of carboxylic acids is 1. The van der Waals surface area contributed by atoms with Crippen LogP contribution in [0.25, 0.3) is 0 Å². The quantitative estimate of drug-likeness (QED) is 0.150. The molecule has 0 aliphatic rings. The van der Waals surface area contributed by atoms with Gasteiger partial charge >= 0.3 is 5.97 Å². The Morgan fingerprint density at radius 2 is 0.889 bits per heavy atom. The van der Waals surface area contributed by atoms with E-state index in [4.69, 9.17) is 5.11 Å². The number of unbranched alkanes of at least 4 members (excludes halogenated alkanes) is 18. The zero-order valence-electron chi connectivity index (χ0n) is 18.4. The Labute approximate surface area is 170 Å². The van der Waals surface area contributed by atoms with Crippen LogP contribution in [0.2, 0.25) is 0 Å². The van der Waals surface area contributed by atoms with Crippen LogP contribution in [0, 0.1) is 0 Å². The van der Waals surface area contributed by atoms with E-state index in [1.54, 1.807) is 0 Å². The number of hydrogen-bond acceptors (Lipinski definition) is 1. The fourth-order valence-corrected chi connectivity index (χ4v) is 3.58. The maximum absolute atomic E-state index is 10.4. The Morgan fingerprint density at radius 1 is 0.556 bits per heavy atom. The first-order chi connectivity index (χ1) is 13.3. The number of aliphatic carboxylic acids is 1. The second-order valence-corrected chi connectivity index (χ2v) is 8.20. The fraction of sp³-hybridized carbons (Fsp3) is 0.880. The van der Waals surface area contributed by atoms with Gasteiger partial charge in [-0.25, -0.2) is 0 Å². The van der Waals surface area contributed by atoms with Gasteiger partial charge in [0.2, 0.25) is 0 Å². The minimum Gasteiger partial charge on any atom is -0.481 e. The molecule has 0 atom stereocenters. The van der Waals surface area contributed by atoms with E-state index in [2.05, 4.69) is 19.1 Å². The smallest absolute Gasteiger partial charge is 0.303 e. The Bertz CT molecular complexity index is 322. The highest BCUT2D eigenvalue weighted by molar-refractivity contribution is 5.66. The summed E-state index contributed by atoms with van der Waals surface area (Å²) < 4.78 is 0. The van der Waals surface area contributed by atoms with E-state index in [0.717, 1.165) is 12.8 Å². The van der Waals surface area contributed by atoms with Crippen molar-refractivity contribution in [3.8, 4) is 0 Å². The largest absolute Gasteiger partial charge is 0.481 e. The average molecular weight is 381 g/mol. The third kappa shape index (κ3) is 25.2. The van der Waals surface area contributed by atoms with Gasteiger partial charge in [-0.15, -0.1) is 0 Å². The van der Waals surface area contributed by atoms with Gasteiger partial charge in [-0.3, -0.25) is 4.79 Å². The van der Waals surface area contributed by atoms with Crippen LogP contribution in [0.4, 0.5) is 0 Å². The molecule has 0 aromatic rings. The molecule has 0 spiro atoms. The van der Waals surface area contributed by atoms with E-state index in [1.807, 2.05) is 0 Å². The van der Waals surface area contributed by atoms with Crippen molar-refractivity contribution >= 4 is 5.97 Å². The molecular weight excluding hydrogens is 332 g/mol. The van der Waals surface area contributed by atoms with Crippen molar-refractivity contribution in [3.63, 3.8) is 0 Å². The van der Waals surface area contributed by atoms with Crippen molar-refractivity contribution in [1.29, 1.82) is 0 Å². The molecule has 0 saturated carbocycles. The van der Waals surface area contributed by atoms with E-state index >= 15 is 0 Å². The molecule has 0 aliphatic heterocycles. The SMILES string of the molecule is CCCCCCCCCCCCCCCC=CCCCCCCCC(=O)O. The van der Waals surface area contributed by atoms with Gasteiger partial charge < -0.3 is 5.11 Å². The molecule has 0 heterocycles. The molecule has 0 unspecified atom stereocenters. The Hall–Kier alpha value is -0.790. The van der Waals surface area contributed by atoms with Crippen molar-refractivity contribution in [2.45, 2.75) is 142 Å². The van der Waals surface area contributed by atoms with E-state index in [-0.39, 0.29) is 0 Å². The third-order valence-corrected chi connectivity index (χ3v) is 5.40. The van der Waals surface area contributed by atoms with Crippen molar-refractivity contribution in [1.82, 2.24) is 0 Å². The second-order valence-electron chi connectivity index (χ2n) is 8.20. The van der Waals surface area contributed by atoms with E-state index < -0.39 is 5.97 Å². The van der Waals surface area contributed by atoms with Crippen molar-refractivity contribution in [2.24, 2.45) is 0 Å². The molecule has 0 aromatic carbocycles. The summed E-state index contributed by atoms with van der Waals surface area (Å²) in [6, 6.07) is 0. The maximum atomic E-state index is 10.4. The lowest BCUT2D eigenvalue weighted by Gasteiger charge is -2.02. The molecule has 27 heavy (non-hydrogen) atoms. The highest BCUT2D eigenvalue weighted by Crippen LogP contribution is 2.13. The molecule has 0 saturated heterocycles. The molecule has 160 valence electrons. The fourth-order valence-electron chi connectivity index (χ4n) is 3.58. The molecule has 1 N–H and O–H groups in total. The van der Waals surface area contributed by atoms with Gasteiger partial charge in [0, 0.05) is 6.42 Å². The van der Waals surface area contributed by atoms with E-state index in [9.17, 15) is 4.79 Å². The van der Waals surface area contributed by atoms with Crippen LogP contribution in [-0.2, 0) is 4.79 Å². The molecule has 0 aromatic heterocycles. The summed E-state index contributed by atoms with van der Waals surface area (Å²) >= 11 is 0. The molecule has 0 rings (SSSR count). The minimum absolute atomic E-state index is 0.332. The number of hydrogen-bond donors (Lipinski definition) is 1. The van der Waals surface area contributed by atoms with Crippen molar-refractivity contribution in [2.75, 3.05) is 0 Å². The first kappa shape index (κ1) is 26.2. The van der Waals surface area contributed by atoms with Crippen LogP contribution < -0.4 is 0 Å². The normalized spacial score (nSPS) is 11.4. The standard InChI is InChI=1S/C25H48O2/c1-2-3-4-5-6-7-8-9-10-11-12-13-14-15-16-17-18-19-20-21-22-23-24-25(26)27/h16-17H,2-15,18-24H2,1H3,(H,26,27). The molecule has 0 radical (unpaired) electrons. The minimum atomic E-state index is -0.661. The maximum Gasteiger partial charge on any atom is 0.303 e. The Kier molecular flexibility index (Phi) is 22.6. The van der Waals surface area contributed by atoms with Crippen LogP contribution in [0.5, 0.6) is 0 Å². The molecular formula is C25H48O2. The number of carboxylic acid groups (broad SMARTS) is 1. The van der Waals surface area contributed by atoms with Crippen LogP contribution in [0.1, 0.15) is 142 Å². The highest BCUT2D eigenvalue weighted by atomic mass is 16.4. The predicted octanol–water partition coefficient (Wildman–Crippen LogP) is 8.84. The molecule has 2 heteroatoms. The summed E-state index contributed by atoms with van der Waals surface area (Å²) in [6.07, 6.45) is 31.6. The van der Waals surface area contributed by atoms with E-state index in [0.29, 0.717) is 6.42 Å².